The quantitative estimate of drug-likeness (QED) is 0.871. The summed E-state index contributed by atoms with van der Waals surface area (Å²) in [6.45, 7) is 3.26. The number of aromatic nitrogens is 1. The normalized spacial score (nSPS) is 10.2. The Kier molecular flexibility index (Phi) is 3.60. The van der Waals surface area contributed by atoms with E-state index in [9.17, 15) is 4.79 Å². The van der Waals surface area contributed by atoms with Crippen LogP contribution in [0.25, 0.3) is 0 Å². The molecule has 88 valence electrons. The van der Waals surface area contributed by atoms with Gasteiger partial charge in [-0.3, -0.25) is 4.79 Å². The van der Waals surface area contributed by atoms with Crippen molar-refractivity contribution in [1.29, 1.82) is 0 Å². The fourth-order valence-electron chi connectivity index (χ4n) is 1.71. The van der Waals surface area contributed by atoms with Crippen LogP contribution in [0.5, 0.6) is 0 Å². The van der Waals surface area contributed by atoms with Crippen LogP contribution in [0.15, 0.2) is 53.5 Å². The molecule has 17 heavy (non-hydrogen) atoms. The highest BCUT2D eigenvalue weighted by Gasteiger charge is 1.97. The lowest BCUT2D eigenvalue weighted by molar-refractivity contribution is 0.693. The van der Waals surface area contributed by atoms with Crippen molar-refractivity contribution >= 4 is 5.69 Å². The third-order valence-corrected chi connectivity index (χ3v) is 2.67. The molecular formula is C14H16N2O. The molecule has 0 bridgehead atoms. The molecule has 0 unspecified atom stereocenters. The molecule has 0 amide bonds. The second-order valence-corrected chi connectivity index (χ2v) is 3.98. The molecule has 0 saturated carbocycles. The minimum Gasteiger partial charge on any atom is -0.383 e. The van der Waals surface area contributed by atoms with Gasteiger partial charge < -0.3 is 9.88 Å². The first kappa shape index (κ1) is 11.5. The number of rotatable bonds is 4. The number of nitrogens with zero attached hydrogens (tertiary/aromatic N) is 1. The molecule has 0 atom stereocenters. The molecule has 0 spiro atoms. The highest BCUT2D eigenvalue weighted by Crippen LogP contribution is 2.03. The molecule has 1 N–H and O–H groups in total. The van der Waals surface area contributed by atoms with Crippen LogP contribution in [-0.2, 0) is 6.54 Å². The fourth-order valence-corrected chi connectivity index (χ4v) is 1.71. The summed E-state index contributed by atoms with van der Waals surface area (Å²) in [6, 6.07) is 13.7. The van der Waals surface area contributed by atoms with Crippen molar-refractivity contribution in [2.75, 3.05) is 11.9 Å². The van der Waals surface area contributed by atoms with E-state index in [-0.39, 0.29) is 5.56 Å². The fraction of sp³-hybridized carbons (Fsp3) is 0.214. The van der Waals surface area contributed by atoms with E-state index in [1.807, 2.05) is 55.6 Å². The molecule has 0 aliphatic heterocycles. The van der Waals surface area contributed by atoms with E-state index in [2.05, 4.69) is 5.32 Å². The summed E-state index contributed by atoms with van der Waals surface area (Å²) in [5.41, 5.74) is 1.95. The van der Waals surface area contributed by atoms with Crippen LogP contribution in [0.1, 0.15) is 5.56 Å². The number of hydrogen-bond donors (Lipinski definition) is 1. The van der Waals surface area contributed by atoms with E-state index in [0.717, 1.165) is 17.8 Å². The summed E-state index contributed by atoms with van der Waals surface area (Å²) >= 11 is 0. The first-order chi connectivity index (χ1) is 8.27. The third kappa shape index (κ3) is 2.97. The second kappa shape index (κ2) is 5.34. The monoisotopic (exact) mass is 228 g/mol. The van der Waals surface area contributed by atoms with Crippen LogP contribution in [0.2, 0.25) is 0 Å². The van der Waals surface area contributed by atoms with Crippen molar-refractivity contribution in [1.82, 2.24) is 4.57 Å². The number of aryl methyl sites for hydroxylation is 1. The van der Waals surface area contributed by atoms with Gasteiger partial charge in [0.2, 0.25) is 0 Å². The van der Waals surface area contributed by atoms with Crippen molar-refractivity contribution in [3.8, 4) is 0 Å². The largest absolute Gasteiger partial charge is 0.383 e. The van der Waals surface area contributed by atoms with Gasteiger partial charge in [-0.25, -0.2) is 0 Å². The van der Waals surface area contributed by atoms with Gasteiger partial charge >= 0.3 is 0 Å². The minimum atomic E-state index is 0.0855. The van der Waals surface area contributed by atoms with Gasteiger partial charge in [0.1, 0.15) is 0 Å². The Morgan fingerprint density at radius 1 is 1.12 bits per heavy atom. The molecule has 0 radical (unpaired) electrons. The van der Waals surface area contributed by atoms with Crippen LogP contribution in [0.3, 0.4) is 0 Å². The predicted octanol–water partition coefficient (Wildman–Crippen LogP) is 2.27. The van der Waals surface area contributed by atoms with E-state index in [4.69, 9.17) is 0 Å². The zero-order valence-corrected chi connectivity index (χ0v) is 9.89. The van der Waals surface area contributed by atoms with Crippen molar-refractivity contribution in [2.45, 2.75) is 13.5 Å². The molecule has 2 rings (SSSR count). The standard InChI is InChI=1S/C14H16N2O/c1-12-6-5-10-16(14(12)17)11-9-15-13-7-3-2-4-8-13/h2-8,10,15H,9,11H2,1H3. The van der Waals surface area contributed by atoms with Gasteiger partial charge in [-0.1, -0.05) is 24.3 Å². The van der Waals surface area contributed by atoms with E-state index in [0.29, 0.717) is 6.54 Å². The van der Waals surface area contributed by atoms with Gasteiger partial charge in [-0.15, -0.1) is 0 Å². The van der Waals surface area contributed by atoms with Crippen molar-refractivity contribution in [3.05, 3.63) is 64.6 Å². The van der Waals surface area contributed by atoms with Gasteiger partial charge in [-0.05, 0) is 25.1 Å². The summed E-state index contributed by atoms with van der Waals surface area (Å²) in [7, 11) is 0. The Bertz CT molecular complexity index is 531. The lowest BCUT2D eigenvalue weighted by atomic mass is 10.3. The SMILES string of the molecule is Cc1cccn(CCNc2ccccc2)c1=O. The Morgan fingerprint density at radius 3 is 2.65 bits per heavy atom. The van der Waals surface area contributed by atoms with Gasteiger partial charge in [-0.2, -0.15) is 0 Å². The van der Waals surface area contributed by atoms with E-state index in [1.54, 1.807) is 4.57 Å². The maximum atomic E-state index is 11.7. The molecule has 1 aromatic carbocycles. The Hall–Kier alpha value is -2.03. The molecule has 1 aromatic heterocycles. The maximum Gasteiger partial charge on any atom is 0.253 e. The number of para-hydroxylation sites is 1. The molecular weight excluding hydrogens is 212 g/mol. The first-order valence-corrected chi connectivity index (χ1v) is 5.72. The summed E-state index contributed by atoms with van der Waals surface area (Å²) in [5.74, 6) is 0. The highest BCUT2D eigenvalue weighted by molar-refractivity contribution is 5.42. The minimum absolute atomic E-state index is 0.0855. The van der Waals surface area contributed by atoms with Crippen LogP contribution in [0.4, 0.5) is 5.69 Å². The molecule has 1 heterocycles. The molecule has 0 saturated heterocycles. The number of benzene rings is 1. The zero-order valence-electron chi connectivity index (χ0n) is 9.89. The number of anilines is 1. The van der Waals surface area contributed by atoms with Crippen LogP contribution in [-0.4, -0.2) is 11.1 Å². The molecule has 0 aliphatic rings. The number of hydrogen-bond acceptors (Lipinski definition) is 2. The lowest BCUT2D eigenvalue weighted by Gasteiger charge is -2.08. The van der Waals surface area contributed by atoms with Gasteiger partial charge in [0, 0.05) is 30.5 Å². The Balaban J connectivity index is 1.95. The summed E-state index contributed by atoms with van der Waals surface area (Å²) < 4.78 is 1.73. The topological polar surface area (TPSA) is 34.0 Å². The van der Waals surface area contributed by atoms with Crippen molar-refractivity contribution in [3.63, 3.8) is 0 Å². The van der Waals surface area contributed by atoms with Crippen LogP contribution in [0, 0.1) is 6.92 Å². The van der Waals surface area contributed by atoms with Crippen molar-refractivity contribution < 1.29 is 0 Å². The van der Waals surface area contributed by atoms with Gasteiger partial charge in [0.25, 0.3) is 5.56 Å². The third-order valence-electron chi connectivity index (χ3n) is 2.67. The van der Waals surface area contributed by atoms with Crippen LogP contribution < -0.4 is 10.9 Å². The first-order valence-electron chi connectivity index (χ1n) is 5.72. The predicted molar refractivity (Wildman–Crippen MR) is 70.4 cm³/mol. The highest BCUT2D eigenvalue weighted by atomic mass is 16.1. The second-order valence-electron chi connectivity index (χ2n) is 3.98. The number of pyridine rings is 1. The zero-order chi connectivity index (χ0) is 12.1. The molecule has 2 aromatic rings. The maximum absolute atomic E-state index is 11.7. The lowest BCUT2D eigenvalue weighted by Crippen LogP contribution is -2.24. The molecule has 0 fully saturated rings. The molecule has 0 aliphatic carbocycles. The van der Waals surface area contributed by atoms with Gasteiger partial charge in [0.15, 0.2) is 0 Å². The van der Waals surface area contributed by atoms with Crippen LogP contribution >= 0.6 is 0 Å². The summed E-state index contributed by atoms with van der Waals surface area (Å²) in [5, 5.41) is 3.28. The Morgan fingerprint density at radius 2 is 1.88 bits per heavy atom. The molecule has 3 nitrogen and oxygen atoms in total. The van der Waals surface area contributed by atoms with E-state index < -0.39 is 0 Å². The average Bonchev–Trinajstić information content (AvgIpc) is 2.36. The smallest absolute Gasteiger partial charge is 0.253 e. The summed E-state index contributed by atoms with van der Waals surface area (Å²) in [4.78, 5) is 11.7. The van der Waals surface area contributed by atoms with Gasteiger partial charge in [0.05, 0.1) is 0 Å². The summed E-state index contributed by atoms with van der Waals surface area (Å²) in [6.07, 6.45) is 1.82. The van der Waals surface area contributed by atoms with E-state index in [1.165, 1.54) is 0 Å². The number of nitrogens with one attached hydrogen (secondary N) is 1. The molecule has 3 heteroatoms. The Labute approximate surface area is 101 Å². The van der Waals surface area contributed by atoms with E-state index >= 15 is 0 Å². The average molecular weight is 228 g/mol. The van der Waals surface area contributed by atoms with Crippen molar-refractivity contribution in [2.24, 2.45) is 0 Å².